The molecule has 6 nitrogen and oxygen atoms in total. The van der Waals surface area contributed by atoms with Gasteiger partial charge in [0.1, 0.15) is 23.9 Å². The van der Waals surface area contributed by atoms with Crippen LogP contribution in [0.3, 0.4) is 0 Å². The molecule has 1 aliphatic heterocycles. The Morgan fingerprint density at radius 1 is 1.43 bits per heavy atom. The van der Waals surface area contributed by atoms with Crippen LogP contribution in [0.15, 0.2) is 41.9 Å². The van der Waals surface area contributed by atoms with E-state index in [1.165, 1.54) is 6.07 Å². The summed E-state index contributed by atoms with van der Waals surface area (Å²) in [5.74, 6) is -0.131. The third-order valence-corrected chi connectivity index (χ3v) is 3.38. The number of aromatic nitrogens is 2. The van der Waals surface area contributed by atoms with Crippen molar-refractivity contribution in [3.05, 3.63) is 42.6 Å². The van der Waals surface area contributed by atoms with Crippen molar-refractivity contribution in [3.63, 3.8) is 0 Å². The number of rotatable bonds is 6. The maximum absolute atomic E-state index is 13.5. The molecule has 2 aromatic rings. The molecule has 0 amide bonds. The molecule has 0 aliphatic carbocycles. The van der Waals surface area contributed by atoms with Crippen LogP contribution in [0.1, 0.15) is 6.42 Å². The Hall–Kier alpha value is -2.25. The lowest BCUT2D eigenvalue weighted by molar-refractivity contribution is 0.0470. The van der Waals surface area contributed by atoms with Crippen molar-refractivity contribution in [2.24, 2.45) is 5.16 Å². The van der Waals surface area contributed by atoms with Crippen LogP contribution in [-0.2, 0) is 4.84 Å². The largest absolute Gasteiger partial charge is 0.487 e. The van der Waals surface area contributed by atoms with E-state index in [9.17, 15) is 4.39 Å². The van der Waals surface area contributed by atoms with Crippen molar-refractivity contribution in [1.29, 1.82) is 0 Å². The van der Waals surface area contributed by atoms with Crippen LogP contribution < -0.4 is 9.57 Å². The molecule has 0 aromatic carbocycles. The van der Waals surface area contributed by atoms with Crippen LogP contribution in [-0.4, -0.2) is 34.9 Å². The monoisotopic (exact) mass is 336 g/mol. The number of pyridine rings is 2. The molecular formula is C15H14ClFN4O2. The molecule has 3 heterocycles. The average molecular weight is 337 g/mol. The second-order valence-corrected chi connectivity index (χ2v) is 5.22. The van der Waals surface area contributed by atoms with Crippen LogP contribution in [0.4, 0.5) is 4.39 Å². The quantitative estimate of drug-likeness (QED) is 0.821. The van der Waals surface area contributed by atoms with E-state index in [-0.39, 0.29) is 12.7 Å². The van der Waals surface area contributed by atoms with E-state index in [0.717, 1.165) is 17.5 Å². The summed E-state index contributed by atoms with van der Waals surface area (Å²) in [6.45, 7) is 0.675. The molecule has 0 radical (unpaired) electrons. The number of ether oxygens (including phenoxy) is 1. The summed E-state index contributed by atoms with van der Waals surface area (Å²) in [4.78, 5) is 15.9. The van der Waals surface area contributed by atoms with Crippen LogP contribution >= 0.6 is 11.8 Å². The van der Waals surface area contributed by atoms with Gasteiger partial charge in [-0.1, -0.05) is 5.16 Å². The number of nitrogens with zero attached hydrogens (tertiary/aromatic N) is 3. The Balaban J connectivity index is 1.70. The Morgan fingerprint density at radius 3 is 3.13 bits per heavy atom. The molecule has 8 heteroatoms. The van der Waals surface area contributed by atoms with Gasteiger partial charge in [0.25, 0.3) is 0 Å². The summed E-state index contributed by atoms with van der Waals surface area (Å²) in [6, 6.07) is 4.91. The summed E-state index contributed by atoms with van der Waals surface area (Å²) in [7, 11) is 0. The number of hydrogen-bond acceptors (Lipinski definition) is 6. The highest BCUT2D eigenvalue weighted by atomic mass is 35.5. The maximum Gasteiger partial charge on any atom is 0.166 e. The van der Waals surface area contributed by atoms with E-state index in [0.29, 0.717) is 24.4 Å². The predicted molar refractivity (Wildman–Crippen MR) is 83.7 cm³/mol. The Kier molecular flexibility index (Phi) is 4.99. The molecule has 1 unspecified atom stereocenters. The second-order valence-electron chi connectivity index (χ2n) is 4.95. The summed E-state index contributed by atoms with van der Waals surface area (Å²) < 4.78 is 19.2. The van der Waals surface area contributed by atoms with Gasteiger partial charge in [-0.05, 0) is 23.9 Å². The first-order chi connectivity index (χ1) is 11.3. The van der Waals surface area contributed by atoms with Gasteiger partial charge in [0.2, 0.25) is 0 Å². The first-order valence-corrected chi connectivity index (χ1v) is 7.38. The number of oxime groups is 1. The summed E-state index contributed by atoms with van der Waals surface area (Å²) >= 11 is 5.43. The first-order valence-electron chi connectivity index (χ1n) is 7.00. The van der Waals surface area contributed by atoms with Crippen molar-refractivity contribution in [1.82, 2.24) is 14.8 Å². The van der Waals surface area contributed by atoms with Gasteiger partial charge in [0, 0.05) is 30.4 Å². The van der Waals surface area contributed by atoms with Crippen LogP contribution in [0.5, 0.6) is 5.75 Å². The molecule has 0 bridgehead atoms. The zero-order chi connectivity index (χ0) is 16.1. The highest BCUT2D eigenvalue weighted by Crippen LogP contribution is 2.28. The SMILES string of the molecule is Fc1cnc(-c2cccnc2)c(OCC2CC(CNCl)=NO2)c1. The fourth-order valence-electron chi connectivity index (χ4n) is 2.19. The molecule has 1 atom stereocenters. The number of hydrogen-bond donors (Lipinski definition) is 1. The lowest BCUT2D eigenvalue weighted by atomic mass is 10.1. The molecular weight excluding hydrogens is 323 g/mol. The molecule has 0 fully saturated rings. The van der Waals surface area contributed by atoms with Crippen molar-refractivity contribution in [3.8, 4) is 17.0 Å². The van der Waals surface area contributed by atoms with Gasteiger partial charge in [-0.25, -0.2) is 14.2 Å². The van der Waals surface area contributed by atoms with Gasteiger partial charge in [-0.3, -0.25) is 4.98 Å². The summed E-state index contributed by atoms with van der Waals surface area (Å²) in [5, 5.41) is 3.91. The molecule has 1 aliphatic rings. The fourth-order valence-corrected chi connectivity index (χ4v) is 2.34. The van der Waals surface area contributed by atoms with Crippen LogP contribution in [0, 0.1) is 5.82 Å². The summed E-state index contributed by atoms with van der Waals surface area (Å²) in [5.41, 5.74) is 2.08. The third-order valence-electron chi connectivity index (χ3n) is 3.24. The zero-order valence-electron chi connectivity index (χ0n) is 12.1. The topological polar surface area (TPSA) is 68.6 Å². The van der Waals surface area contributed by atoms with Crippen molar-refractivity contribution < 1.29 is 14.0 Å². The van der Waals surface area contributed by atoms with E-state index in [1.54, 1.807) is 18.5 Å². The molecule has 23 heavy (non-hydrogen) atoms. The van der Waals surface area contributed by atoms with Gasteiger partial charge in [-0.15, -0.1) is 0 Å². The van der Waals surface area contributed by atoms with Gasteiger partial charge in [0.15, 0.2) is 6.10 Å². The van der Waals surface area contributed by atoms with Gasteiger partial charge < -0.3 is 9.57 Å². The van der Waals surface area contributed by atoms with E-state index in [4.69, 9.17) is 21.4 Å². The predicted octanol–water partition coefficient (Wildman–Crippen LogP) is 2.55. The highest BCUT2D eigenvalue weighted by Gasteiger charge is 2.22. The minimum Gasteiger partial charge on any atom is -0.487 e. The Bertz CT molecular complexity index is 699. The molecule has 0 saturated carbocycles. The van der Waals surface area contributed by atoms with Crippen molar-refractivity contribution in [2.75, 3.05) is 13.2 Å². The minimum atomic E-state index is -0.469. The lowest BCUT2D eigenvalue weighted by Gasteiger charge is -2.13. The highest BCUT2D eigenvalue weighted by molar-refractivity contribution is 6.14. The van der Waals surface area contributed by atoms with E-state index in [1.807, 2.05) is 6.07 Å². The molecule has 1 N–H and O–H groups in total. The Morgan fingerprint density at radius 2 is 2.35 bits per heavy atom. The first kappa shape index (κ1) is 15.6. The van der Waals surface area contributed by atoms with E-state index in [2.05, 4.69) is 20.0 Å². The van der Waals surface area contributed by atoms with Gasteiger partial charge in [0.05, 0.1) is 18.5 Å². The molecule has 3 rings (SSSR count). The van der Waals surface area contributed by atoms with Crippen molar-refractivity contribution >= 4 is 17.5 Å². The lowest BCUT2D eigenvalue weighted by Crippen LogP contribution is -2.21. The molecule has 2 aromatic heterocycles. The number of nitrogens with one attached hydrogen (secondary N) is 1. The molecule has 0 spiro atoms. The maximum atomic E-state index is 13.5. The Labute approximate surface area is 137 Å². The van der Waals surface area contributed by atoms with Crippen molar-refractivity contribution in [2.45, 2.75) is 12.5 Å². The smallest absolute Gasteiger partial charge is 0.166 e. The third kappa shape index (κ3) is 3.94. The molecule has 0 saturated heterocycles. The normalized spacial score (nSPS) is 16.8. The second kappa shape index (κ2) is 7.34. The van der Waals surface area contributed by atoms with Crippen LogP contribution in [0.2, 0.25) is 0 Å². The standard InChI is InChI=1S/C15H14ClFN4O2/c16-20-8-12-5-13(23-21-12)9-22-14-4-11(17)7-19-15(14)10-2-1-3-18-6-10/h1-4,6-7,13,20H,5,8-9H2. The summed E-state index contributed by atoms with van der Waals surface area (Å²) in [6.07, 6.45) is 4.82. The van der Waals surface area contributed by atoms with Crippen LogP contribution in [0.25, 0.3) is 11.3 Å². The molecule has 120 valence electrons. The zero-order valence-corrected chi connectivity index (χ0v) is 12.8. The van der Waals surface area contributed by atoms with Gasteiger partial charge >= 0.3 is 0 Å². The fraction of sp³-hybridized carbons (Fsp3) is 0.267. The van der Waals surface area contributed by atoms with E-state index < -0.39 is 5.82 Å². The minimum absolute atomic E-state index is 0.230. The van der Waals surface area contributed by atoms with E-state index >= 15 is 0 Å². The average Bonchev–Trinajstić information content (AvgIpc) is 3.02. The van der Waals surface area contributed by atoms with Gasteiger partial charge in [-0.2, -0.15) is 0 Å². The number of halogens is 2.